The van der Waals surface area contributed by atoms with Crippen molar-refractivity contribution in [3.8, 4) is 17.6 Å². The van der Waals surface area contributed by atoms with E-state index in [2.05, 4.69) is 4.98 Å². The van der Waals surface area contributed by atoms with Gasteiger partial charge in [0, 0.05) is 0 Å². The minimum absolute atomic E-state index is 0.151. The molecule has 3 rings (SSSR count). The van der Waals surface area contributed by atoms with Crippen molar-refractivity contribution in [1.29, 1.82) is 0 Å². The van der Waals surface area contributed by atoms with Gasteiger partial charge >= 0.3 is 12.0 Å². The van der Waals surface area contributed by atoms with Gasteiger partial charge in [-0.15, -0.1) is 4.98 Å². The van der Waals surface area contributed by atoms with Gasteiger partial charge in [0.15, 0.2) is 6.10 Å². The minimum atomic E-state index is -0.720. The summed E-state index contributed by atoms with van der Waals surface area (Å²) in [6, 6.07) is 13.3. The summed E-state index contributed by atoms with van der Waals surface area (Å²) in [5.74, 6) is 0.452. The summed E-state index contributed by atoms with van der Waals surface area (Å²) in [6.07, 6.45) is -0.871. The molecule has 0 aliphatic carbocycles. The second-order valence-corrected chi connectivity index (χ2v) is 5.37. The average Bonchev–Trinajstić information content (AvgIpc) is 2.63. The predicted molar refractivity (Wildman–Crippen MR) is 93.5 cm³/mol. The van der Waals surface area contributed by atoms with Crippen LogP contribution in [0.5, 0.6) is 17.6 Å². The molecule has 0 bridgehead atoms. The third-order valence-corrected chi connectivity index (χ3v) is 3.47. The van der Waals surface area contributed by atoms with Gasteiger partial charge in [-0.3, -0.25) is 4.79 Å². The third-order valence-electron chi connectivity index (χ3n) is 3.47. The number of rotatable bonds is 6. The fourth-order valence-corrected chi connectivity index (χ4v) is 2.23. The maximum atomic E-state index is 12.0. The van der Waals surface area contributed by atoms with Gasteiger partial charge in [-0.05, 0) is 50.2 Å². The molecule has 3 aromatic rings. The van der Waals surface area contributed by atoms with E-state index < -0.39 is 17.6 Å². The summed E-state index contributed by atoms with van der Waals surface area (Å²) >= 11 is 0. The van der Waals surface area contributed by atoms with Crippen molar-refractivity contribution in [2.24, 2.45) is 0 Å². The third kappa shape index (κ3) is 4.00. The van der Waals surface area contributed by atoms with Gasteiger partial charge in [-0.2, -0.15) is 0 Å². The highest BCUT2D eigenvalue weighted by atomic mass is 16.6. The van der Waals surface area contributed by atoms with Crippen LogP contribution in [0.25, 0.3) is 11.0 Å². The molecule has 2 aromatic carbocycles. The average molecular weight is 355 g/mol. The molecule has 7 heteroatoms. The second kappa shape index (κ2) is 7.69. The van der Waals surface area contributed by atoms with E-state index >= 15 is 0 Å². The van der Waals surface area contributed by atoms with E-state index in [1.54, 1.807) is 62.4 Å². The highest BCUT2D eigenvalue weighted by Crippen LogP contribution is 2.24. The molecule has 0 N–H and O–H groups in total. The molecule has 0 saturated carbocycles. The maximum Gasteiger partial charge on any atom is 0.403 e. The van der Waals surface area contributed by atoms with Crippen LogP contribution in [0.4, 0.5) is 0 Å². The Balaban J connectivity index is 1.71. The van der Waals surface area contributed by atoms with Crippen LogP contribution in [0.2, 0.25) is 0 Å². The van der Waals surface area contributed by atoms with E-state index in [4.69, 9.17) is 18.6 Å². The van der Waals surface area contributed by atoms with Crippen LogP contribution in [-0.2, 0) is 9.53 Å². The summed E-state index contributed by atoms with van der Waals surface area (Å²) in [5, 5.41) is 0.386. The molecule has 0 fully saturated rings. The fraction of sp³-hybridized carbons (Fsp3) is 0.211. The molecular formula is C19H17NO6. The zero-order valence-corrected chi connectivity index (χ0v) is 14.3. The summed E-state index contributed by atoms with van der Waals surface area (Å²) in [4.78, 5) is 27.3. The number of nitrogens with zero attached hydrogens (tertiary/aromatic N) is 1. The Hall–Kier alpha value is -3.35. The number of esters is 1. The van der Waals surface area contributed by atoms with Gasteiger partial charge in [0.25, 0.3) is 5.56 Å². The van der Waals surface area contributed by atoms with Crippen LogP contribution in [0.15, 0.2) is 57.7 Å². The maximum absolute atomic E-state index is 12.0. The second-order valence-electron chi connectivity index (χ2n) is 5.37. The van der Waals surface area contributed by atoms with Crippen LogP contribution in [0.1, 0.15) is 13.8 Å². The van der Waals surface area contributed by atoms with Gasteiger partial charge in [-0.1, -0.05) is 12.1 Å². The van der Waals surface area contributed by atoms with E-state index in [0.29, 0.717) is 29.1 Å². The Morgan fingerprint density at radius 1 is 1.12 bits per heavy atom. The smallest absolute Gasteiger partial charge is 0.403 e. The Kier molecular flexibility index (Phi) is 5.17. The Labute approximate surface area is 149 Å². The number of ether oxygens (including phenoxy) is 3. The molecule has 0 saturated heterocycles. The molecule has 1 atom stereocenters. The lowest BCUT2D eigenvalue weighted by atomic mass is 10.3. The zero-order valence-electron chi connectivity index (χ0n) is 14.3. The molecule has 0 spiro atoms. The van der Waals surface area contributed by atoms with E-state index in [1.807, 2.05) is 0 Å². The number of benzene rings is 2. The fourth-order valence-electron chi connectivity index (χ4n) is 2.23. The lowest BCUT2D eigenvalue weighted by Gasteiger charge is -2.13. The normalized spacial score (nSPS) is 11.8. The van der Waals surface area contributed by atoms with Crippen LogP contribution in [0.3, 0.4) is 0 Å². The summed E-state index contributed by atoms with van der Waals surface area (Å²) in [6.45, 7) is 3.63. The van der Waals surface area contributed by atoms with E-state index in [-0.39, 0.29) is 6.08 Å². The summed E-state index contributed by atoms with van der Waals surface area (Å²) < 4.78 is 21.3. The molecule has 0 aliphatic heterocycles. The van der Waals surface area contributed by atoms with E-state index in [9.17, 15) is 9.59 Å². The molecule has 0 aliphatic rings. The van der Waals surface area contributed by atoms with Crippen LogP contribution in [0, 0.1) is 0 Å². The SMILES string of the molecule is CCOC(=O)C(C)Oc1ccc(Oc2nc(=O)c3ccccc3o2)cc1. The topological polar surface area (TPSA) is 87.9 Å². The molecule has 26 heavy (non-hydrogen) atoms. The van der Waals surface area contributed by atoms with Crippen LogP contribution in [-0.4, -0.2) is 23.7 Å². The highest BCUT2D eigenvalue weighted by Gasteiger charge is 2.15. The van der Waals surface area contributed by atoms with Gasteiger partial charge < -0.3 is 18.6 Å². The van der Waals surface area contributed by atoms with Crippen LogP contribution < -0.4 is 15.0 Å². The van der Waals surface area contributed by atoms with Crippen molar-refractivity contribution in [2.75, 3.05) is 6.61 Å². The molecule has 1 aromatic heterocycles. The number of carbonyl (C=O) groups excluding carboxylic acids is 1. The van der Waals surface area contributed by atoms with Crippen molar-refractivity contribution in [3.05, 3.63) is 58.9 Å². The summed E-state index contributed by atoms with van der Waals surface area (Å²) in [7, 11) is 0. The first-order valence-corrected chi connectivity index (χ1v) is 8.08. The zero-order chi connectivity index (χ0) is 18.5. The first-order chi connectivity index (χ1) is 12.6. The van der Waals surface area contributed by atoms with Crippen LogP contribution >= 0.6 is 0 Å². The van der Waals surface area contributed by atoms with E-state index in [0.717, 1.165) is 0 Å². The molecule has 134 valence electrons. The van der Waals surface area contributed by atoms with Gasteiger partial charge in [-0.25, -0.2) is 4.79 Å². The minimum Gasteiger partial charge on any atom is -0.479 e. The van der Waals surface area contributed by atoms with Gasteiger partial charge in [0.1, 0.15) is 17.1 Å². The molecular weight excluding hydrogens is 338 g/mol. The number of para-hydroxylation sites is 1. The number of hydrogen-bond acceptors (Lipinski definition) is 7. The number of aromatic nitrogens is 1. The first kappa shape index (κ1) is 17.5. The highest BCUT2D eigenvalue weighted by molar-refractivity contribution is 5.75. The lowest BCUT2D eigenvalue weighted by molar-refractivity contribution is -0.150. The largest absolute Gasteiger partial charge is 0.479 e. The van der Waals surface area contributed by atoms with Crippen molar-refractivity contribution < 1.29 is 23.4 Å². The number of fused-ring (bicyclic) bond motifs is 1. The Bertz CT molecular complexity index is 964. The summed E-state index contributed by atoms with van der Waals surface area (Å²) in [5.41, 5.74) is -0.0317. The molecule has 7 nitrogen and oxygen atoms in total. The number of hydrogen-bond donors (Lipinski definition) is 0. The van der Waals surface area contributed by atoms with Crippen molar-refractivity contribution >= 4 is 16.9 Å². The van der Waals surface area contributed by atoms with E-state index in [1.165, 1.54) is 0 Å². The molecule has 0 amide bonds. The standard InChI is InChI=1S/C19H17NO6/c1-3-23-18(22)12(2)24-13-8-10-14(11-9-13)25-19-20-17(21)15-6-4-5-7-16(15)26-19/h4-12H,3H2,1-2H3. The molecule has 1 unspecified atom stereocenters. The molecule has 1 heterocycles. The van der Waals surface area contributed by atoms with Gasteiger partial charge in [0.2, 0.25) is 0 Å². The molecule has 0 radical (unpaired) electrons. The Morgan fingerprint density at radius 3 is 2.54 bits per heavy atom. The predicted octanol–water partition coefficient (Wildman–Crippen LogP) is 3.31. The quantitative estimate of drug-likeness (QED) is 0.627. The monoisotopic (exact) mass is 355 g/mol. The first-order valence-electron chi connectivity index (χ1n) is 8.08. The van der Waals surface area contributed by atoms with Crippen molar-refractivity contribution in [3.63, 3.8) is 0 Å². The van der Waals surface area contributed by atoms with Gasteiger partial charge in [0.05, 0.1) is 12.0 Å². The lowest BCUT2D eigenvalue weighted by Crippen LogP contribution is -2.25. The van der Waals surface area contributed by atoms with Crippen molar-refractivity contribution in [1.82, 2.24) is 4.98 Å². The Morgan fingerprint density at radius 2 is 1.81 bits per heavy atom. The van der Waals surface area contributed by atoms with Crippen molar-refractivity contribution in [2.45, 2.75) is 20.0 Å². The number of carbonyl (C=O) groups is 1.